The highest BCUT2D eigenvalue weighted by molar-refractivity contribution is 4.78. The first-order valence-electron chi connectivity index (χ1n) is 7.53. The van der Waals surface area contributed by atoms with Crippen LogP contribution in [0.5, 0.6) is 0 Å². The molecule has 0 aliphatic carbocycles. The highest BCUT2D eigenvalue weighted by atomic mass is 14.0. The molecule has 0 aliphatic heterocycles. The minimum atomic E-state index is 0.874. The van der Waals surface area contributed by atoms with Gasteiger partial charge >= 0.3 is 0 Å². The average molecular weight is 236 g/mol. The minimum absolute atomic E-state index is 0.874. The molecule has 0 spiro atoms. The molecule has 100 valence electrons. The third kappa shape index (κ3) is 13.4. The van der Waals surface area contributed by atoms with Crippen LogP contribution in [0.1, 0.15) is 78.1 Å². The van der Waals surface area contributed by atoms with Crippen LogP contribution in [0.25, 0.3) is 0 Å². The molecule has 0 rings (SSSR count). The molecule has 0 fully saturated rings. The third-order valence-electron chi connectivity index (χ3n) is 3.38. The molecule has 0 nitrogen and oxygen atoms in total. The SMILES string of the molecule is C=CCCCCCCCCCC(C)CC=CC. The van der Waals surface area contributed by atoms with Crippen LogP contribution in [0.15, 0.2) is 24.8 Å². The summed E-state index contributed by atoms with van der Waals surface area (Å²) < 4.78 is 0. The van der Waals surface area contributed by atoms with Crippen LogP contribution in [-0.4, -0.2) is 0 Å². The Labute approximate surface area is 109 Å². The van der Waals surface area contributed by atoms with Gasteiger partial charge < -0.3 is 0 Å². The Balaban J connectivity index is 3.09. The fourth-order valence-corrected chi connectivity index (χ4v) is 2.15. The van der Waals surface area contributed by atoms with Crippen LogP contribution in [0, 0.1) is 5.92 Å². The van der Waals surface area contributed by atoms with E-state index < -0.39 is 0 Å². The van der Waals surface area contributed by atoms with E-state index in [9.17, 15) is 0 Å². The average Bonchev–Trinajstić information content (AvgIpc) is 2.34. The van der Waals surface area contributed by atoms with E-state index in [1.807, 2.05) is 6.08 Å². The number of allylic oxidation sites excluding steroid dienone is 3. The van der Waals surface area contributed by atoms with Gasteiger partial charge in [-0.3, -0.25) is 0 Å². The molecule has 0 bridgehead atoms. The van der Waals surface area contributed by atoms with Gasteiger partial charge in [0.15, 0.2) is 0 Å². The highest BCUT2D eigenvalue weighted by Crippen LogP contribution is 2.15. The van der Waals surface area contributed by atoms with E-state index in [0.717, 1.165) is 5.92 Å². The summed E-state index contributed by atoms with van der Waals surface area (Å²) in [5.74, 6) is 0.874. The quantitative estimate of drug-likeness (QED) is 0.276. The number of hydrogen-bond donors (Lipinski definition) is 0. The molecule has 0 heteroatoms. The molecule has 0 aromatic rings. The Morgan fingerprint density at radius 2 is 1.53 bits per heavy atom. The van der Waals surface area contributed by atoms with Gasteiger partial charge in [-0.1, -0.05) is 70.1 Å². The third-order valence-corrected chi connectivity index (χ3v) is 3.38. The maximum atomic E-state index is 3.75. The summed E-state index contributed by atoms with van der Waals surface area (Å²) in [4.78, 5) is 0. The second-order valence-electron chi connectivity index (χ2n) is 5.25. The van der Waals surface area contributed by atoms with Crippen molar-refractivity contribution in [3.8, 4) is 0 Å². The first-order valence-corrected chi connectivity index (χ1v) is 7.53. The van der Waals surface area contributed by atoms with Crippen molar-refractivity contribution >= 4 is 0 Å². The fourth-order valence-electron chi connectivity index (χ4n) is 2.15. The largest absolute Gasteiger partial charge is 0.103 e. The van der Waals surface area contributed by atoms with Gasteiger partial charge in [0.05, 0.1) is 0 Å². The van der Waals surface area contributed by atoms with Crippen molar-refractivity contribution in [2.75, 3.05) is 0 Å². The Kier molecular flexibility index (Phi) is 13.1. The smallest absolute Gasteiger partial charge is 0.0325 e. The van der Waals surface area contributed by atoms with Crippen LogP contribution >= 0.6 is 0 Å². The van der Waals surface area contributed by atoms with Crippen LogP contribution in [-0.2, 0) is 0 Å². The van der Waals surface area contributed by atoms with E-state index in [-0.39, 0.29) is 0 Å². The molecular weight excluding hydrogens is 204 g/mol. The lowest BCUT2D eigenvalue weighted by Crippen LogP contribution is -1.92. The Morgan fingerprint density at radius 3 is 2.12 bits per heavy atom. The van der Waals surface area contributed by atoms with E-state index in [4.69, 9.17) is 0 Å². The van der Waals surface area contributed by atoms with E-state index in [2.05, 4.69) is 32.6 Å². The van der Waals surface area contributed by atoms with Crippen molar-refractivity contribution in [2.45, 2.75) is 78.1 Å². The fraction of sp³-hybridized carbons (Fsp3) is 0.765. The van der Waals surface area contributed by atoms with E-state index >= 15 is 0 Å². The molecule has 0 aliphatic rings. The second kappa shape index (κ2) is 13.5. The van der Waals surface area contributed by atoms with E-state index in [1.165, 1.54) is 64.2 Å². The maximum Gasteiger partial charge on any atom is -0.0325 e. The predicted molar refractivity (Wildman–Crippen MR) is 80.3 cm³/mol. The van der Waals surface area contributed by atoms with Crippen molar-refractivity contribution in [2.24, 2.45) is 5.92 Å². The first-order chi connectivity index (χ1) is 8.31. The molecule has 17 heavy (non-hydrogen) atoms. The summed E-state index contributed by atoms with van der Waals surface area (Å²) in [7, 11) is 0. The summed E-state index contributed by atoms with van der Waals surface area (Å²) >= 11 is 0. The molecule has 0 amide bonds. The van der Waals surface area contributed by atoms with Crippen molar-refractivity contribution < 1.29 is 0 Å². The van der Waals surface area contributed by atoms with Crippen molar-refractivity contribution in [1.29, 1.82) is 0 Å². The number of rotatable bonds is 12. The topological polar surface area (TPSA) is 0 Å². The molecular formula is C17H32. The molecule has 0 radical (unpaired) electrons. The standard InChI is InChI=1S/C17H32/c1-4-6-8-9-10-11-12-13-14-16-17(3)15-7-5-2/h4-5,7,17H,1,6,8-16H2,2-3H3. The lowest BCUT2D eigenvalue weighted by atomic mass is 9.98. The monoisotopic (exact) mass is 236 g/mol. The summed E-state index contributed by atoms with van der Waals surface area (Å²) in [6, 6.07) is 0. The summed E-state index contributed by atoms with van der Waals surface area (Å²) in [5, 5.41) is 0. The molecule has 0 aromatic carbocycles. The second-order valence-corrected chi connectivity index (χ2v) is 5.25. The van der Waals surface area contributed by atoms with Crippen LogP contribution < -0.4 is 0 Å². The van der Waals surface area contributed by atoms with Gasteiger partial charge in [-0.25, -0.2) is 0 Å². The zero-order chi connectivity index (χ0) is 12.8. The zero-order valence-electron chi connectivity index (χ0n) is 12.1. The Bertz CT molecular complexity index is 178. The van der Waals surface area contributed by atoms with E-state index in [0.29, 0.717) is 0 Å². The summed E-state index contributed by atoms with van der Waals surface area (Å²) in [6.07, 6.45) is 20.2. The maximum absolute atomic E-state index is 3.75. The Morgan fingerprint density at radius 1 is 0.941 bits per heavy atom. The van der Waals surface area contributed by atoms with Crippen LogP contribution in [0.2, 0.25) is 0 Å². The minimum Gasteiger partial charge on any atom is -0.103 e. The molecule has 0 N–H and O–H groups in total. The lowest BCUT2D eigenvalue weighted by molar-refractivity contribution is 0.485. The summed E-state index contributed by atoms with van der Waals surface area (Å²) in [6.45, 7) is 8.23. The lowest BCUT2D eigenvalue weighted by Gasteiger charge is -2.08. The first kappa shape index (κ1) is 16.5. The molecule has 0 aromatic heterocycles. The van der Waals surface area contributed by atoms with Crippen LogP contribution in [0.3, 0.4) is 0 Å². The van der Waals surface area contributed by atoms with Gasteiger partial charge in [-0.05, 0) is 32.1 Å². The number of unbranched alkanes of at least 4 members (excludes halogenated alkanes) is 7. The van der Waals surface area contributed by atoms with Crippen molar-refractivity contribution in [3.05, 3.63) is 24.8 Å². The van der Waals surface area contributed by atoms with Gasteiger partial charge in [0, 0.05) is 0 Å². The highest BCUT2D eigenvalue weighted by Gasteiger charge is 1.99. The van der Waals surface area contributed by atoms with E-state index in [1.54, 1.807) is 0 Å². The van der Waals surface area contributed by atoms with Crippen LogP contribution in [0.4, 0.5) is 0 Å². The zero-order valence-corrected chi connectivity index (χ0v) is 12.1. The molecule has 0 heterocycles. The van der Waals surface area contributed by atoms with Gasteiger partial charge in [-0.2, -0.15) is 0 Å². The van der Waals surface area contributed by atoms with Crippen molar-refractivity contribution in [3.63, 3.8) is 0 Å². The van der Waals surface area contributed by atoms with Crippen molar-refractivity contribution in [1.82, 2.24) is 0 Å². The predicted octanol–water partition coefficient (Wildman–Crippen LogP) is 6.29. The van der Waals surface area contributed by atoms with Gasteiger partial charge in [0.2, 0.25) is 0 Å². The molecule has 1 unspecified atom stereocenters. The van der Waals surface area contributed by atoms with Gasteiger partial charge in [-0.15, -0.1) is 6.58 Å². The Hall–Kier alpha value is -0.520. The number of hydrogen-bond acceptors (Lipinski definition) is 0. The van der Waals surface area contributed by atoms with Gasteiger partial charge in [0.1, 0.15) is 0 Å². The molecule has 1 atom stereocenters. The molecule has 0 saturated carbocycles. The summed E-state index contributed by atoms with van der Waals surface area (Å²) in [5.41, 5.74) is 0. The normalized spacial score (nSPS) is 13.1. The van der Waals surface area contributed by atoms with Gasteiger partial charge in [0.25, 0.3) is 0 Å². The molecule has 0 saturated heterocycles.